The number of ether oxygens (including phenoxy) is 1. The summed E-state index contributed by atoms with van der Waals surface area (Å²) in [4.78, 5) is 20.9. The molecule has 1 aromatic carbocycles. The standard InChI is InChI=1S/C18H20N4O2/c23-18(20-14-7-11-24-13-14)22-10-9-21(15-4-3-8-19-12-15)16-5-1-2-6-17(16)22/h1-6,8,12,14H,7,9-11,13H2,(H,20,23). The molecule has 1 fully saturated rings. The van der Waals surface area contributed by atoms with Gasteiger partial charge in [-0.05, 0) is 30.7 Å². The molecule has 1 unspecified atom stereocenters. The molecule has 3 heterocycles. The summed E-state index contributed by atoms with van der Waals surface area (Å²) in [5.41, 5.74) is 2.98. The number of amides is 2. The van der Waals surface area contributed by atoms with Crippen LogP contribution in [0.1, 0.15) is 6.42 Å². The van der Waals surface area contributed by atoms with E-state index < -0.39 is 0 Å². The number of rotatable bonds is 2. The second-order valence-electron chi connectivity index (χ2n) is 6.01. The number of carbonyl (C=O) groups is 1. The zero-order valence-corrected chi connectivity index (χ0v) is 13.4. The lowest BCUT2D eigenvalue weighted by Gasteiger charge is -2.37. The number of aromatic nitrogens is 1. The largest absolute Gasteiger partial charge is 0.379 e. The fraction of sp³-hybridized carbons (Fsp3) is 0.333. The molecule has 1 atom stereocenters. The Morgan fingerprint density at radius 1 is 1.17 bits per heavy atom. The van der Waals surface area contributed by atoms with E-state index in [1.54, 1.807) is 6.20 Å². The van der Waals surface area contributed by atoms with Gasteiger partial charge in [0.15, 0.2) is 0 Å². The van der Waals surface area contributed by atoms with E-state index in [2.05, 4.69) is 15.2 Å². The molecular formula is C18H20N4O2. The van der Waals surface area contributed by atoms with E-state index in [1.807, 2.05) is 47.5 Å². The Morgan fingerprint density at radius 2 is 2.04 bits per heavy atom. The van der Waals surface area contributed by atoms with Crippen molar-refractivity contribution < 1.29 is 9.53 Å². The number of hydrogen-bond acceptors (Lipinski definition) is 4. The topological polar surface area (TPSA) is 57.7 Å². The van der Waals surface area contributed by atoms with E-state index in [9.17, 15) is 4.79 Å². The Hall–Kier alpha value is -2.60. The number of pyridine rings is 1. The molecule has 124 valence electrons. The van der Waals surface area contributed by atoms with Gasteiger partial charge in [-0.3, -0.25) is 9.88 Å². The van der Waals surface area contributed by atoms with Crippen LogP contribution in [-0.2, 0) is 4.74 Å². The predicted molar refractivity (Wildman–Crippen MR) is 92.8 cm³/mol. The first kappa shape index (κ1) is 15.0. The van der Waals surface area contributed by atoms with Crippen LogP contribution in [0.25, 0.3) is 0 Å². The first-order valence-corrected chi connectivity index (χ1v) is 8.25. The summed E-state index contributed by atoms with van der Waals surface area (Å²) in [5, 5.41) is 3.08. The van der Waals surface area contributed by atoms with Gasteiger partial charge in [0.1, 0.15) is 0 Å². The van der Waals surface area contributed by atoms with Crippen LogP contribution in [0, 0.1) is 0 Å². The molecule has 0 radical (unpaired) electrons. The Balaban J connectivity index is 1.60. The highest BCUT2D eigenvalue weighted by Crippen LogP contribution is 2.37. The van der Waals surface area contributed by atoms with Gasteiger partial charge in [-0.1, -0.05) is 12.1 Å². The third-order valence-corrected chi connectivity index (χ3v) is 4.47. The van der Waals surface area contributed by atoms with Crippen LogP contribution in [-0.4, -0.2) is 43.4 Å². The lowest BCUT2D eigenvalue weighted by molar-refractivity contribution is 0.189. The van der Waals surface area contributed by atoms with Gasteiger partial charge in [-0.25, -0.2) is 4.79 Å². The van der Waals surface area contributed by atoms with E-state index in [0.717, 1.165) is 36.6 Å². The smallest absolute Gasteiger partial charge is 0.322 e. The van der Waals surface area contributed by atoms with Gasteiger partial charge in [-0.15, -0.1) is 0 Å². The van der Waals surface area contributed by atoms with E-state index in [-0.39, 0.29) is 12.1 Å². The van der Waals surface area contributed by atoms with Crippen molar-refractivity contribution in [2.75, 3.05) is 36.1 Å². The molecule has 2 aromatic rings. The molecule has 1 aromatic heterocycles. The number of fused-ring (bicyclic) bond motifs is 1. The minimum atomic E-state index is -0.0520. The molecule has 4 rings (SSSR count). The summed E-state index contributed by atoms with van der Waals surface area (Å²) in [7, 11) is 0. The number of anilines is 3. The monoisotopic (exact) mass is 324 g/mol. The van der Waals surface area contributed by atoms with Crippen molar-refractivity contribution in [3.8, 4) is 0 Å². The zero-order valence-electron chi connectivity index (χ0n) is 13.4. The Bertz CT molecular complexity index is 716. The van der Waals surface area contributed by atoms with Crippen LogP contribution in [0.3, 0.4) is 0 Å². The average Bonchev–Trinajstić information content (AvgIpc) is 3.14. The van der Waals surface area contributed by atoms with Crippen molar-refractivity contribution in [3.05, 3.63) is 48.8 Å². The molecule has 0 saturated carbocycles. The fourth-order valence-electron chi connectivity index (χ4n) is 3.25. The van der Waals surface area contributed by atoms with Gasteiger partial charge in [0.2, 0.25) is 0 Å². The molecule has 1 N–H and O–H groups in total. The van der Waals surface area contributed by atoms with Crippen molar-refractivity contribution in [2.24, 2.45) is 0 Å². The molecular weight excluding hydrogens is 304 g/mol. The van der Waals surface area contributed by atoms with Gasteiger partial charge >= 0.3 is 6.03 Å². The van der Waals surface area contributed by atoms with Crippen molar-refractivity contribution in [3.63, 3.8) is 0 Å². The van der Waals surface area contributed by atoms with E-state index in [0.29, 0.717) is 13.2 Å². The summed E-state index contributed by atoms with van der Waals surface area (Å²) in [6, 6.07) is 12.0. The quantitative estimate of drug-likeness (QED) is 0.922. The summed E-state index contributed by atoms with van der Waals surface area (Å²) in [5.74, 6) is 0. The maximum Gasteiger partial charge on any atom is 0.322 e. The van der Waals surface area contributed by atoms with Crippen molar-refractivity contribution in [1.29, 1.82) is 0 Å². The van der Waals surface area contributed by atoms with Gasteiger partial charge < -0.3 is 15.0 Å². The van der Waals surface area contributed by atoms with Gasteiger partial charge in [0, 0.05) is 25.9 Å². The predicted octanol–water partition coefficient (Wildman–Crippen LogP) is 2.54. The summed E-state index contributed by atoms with van der Waals surface area (Å²) >= 11 is 0. The molecule has 2 aliphatic rings. The van der Waals surface area contributed by atoms with Crippen molar-refractivity contribution in [1.82, 2.24) is 10.3 Å². The number of hydrogen-bond donors (Lipinski definition) is 1. The highest BCUT2D eigenvalue weighted by molar-refractivity contribution is 5.98. The summed E-state index contributed by atoms with van der Waals surface area (Å²) < 4.78 is 5.34. The lowest BCUT2D eigenvalue weighted by atomic mass is 10.1. The number of nitrogens with zero attached hydrogens (tertiary/aromatic N) is 3. The first-order valence-electron chi connectivity index (χ1n) is 8.25. The molecule has 0 spiro atoms. The van der Waals surface area contributed by atoms with Crippen molar-refractivity contribution >= 4 is 23.1 Å². The maximum atomic E-state index is 12.7. The second-order valence-corrected chi connectivity index (χ2v) is 6.01. The minimum absolute atomic E-state index is 0.0520. The SMILES string of the molecule is O=C(NC1CCOC1)N1CCN(c2cccnc2)c2ccccc21. The fourth-order valence-corrected chi connectivity index (χ4v) is 3.25. The van der Waals surface area contributed by atoms with Gasteiger partial charge in [0.25, 0.3) is 0 Å². The van der Waals surface area contributed by atoms with Crippen molar-refractivity contribution in [2.45, 2.75) is 12.5 Å². The number of nitrogens with one attached hydrogen (secondary N) is 1. The van der Waals surface area contributed by atoms with Crippen LogP contribution in [0.2, 0.25) is 0 Å². The highest BCUT2D eigenvalue weighted by Gasteiger charge is 2.29. The van der Waals surface area contributed by atoms with Crippen LogP contribution < -0.4 is 15.1 Å². The molecule has 2 aliphatic heterocycles. The van der Waals surface area contributed by atoms with Crippen LogP contribution in [0.15, 0.2) is 48.8 Å². The summed E-state index contributed by atoms with van der Waals surface area (Å²) in [6.07, 6.45) is 4.49. The van der Waals surface area contributed by atoms with Gasteiger partial charge in [-0.2, -0.15) is 0 Å². The average molecular weight is 324 g/mol. The molecule has 0 aliphatic carbocycles. The number of para-hydroxylation sites is 2. The normalized spacial score (nSPS) is 19.9. The Kier molecular flexibility index (Phi) is 4.04. The lowest BCUT2D eigenvalue weighted by Crippen LogP contribution is -2.50. The third-order valence-electron chi connectivity index (χ3n) is 4.47. The molecule has 2 amide bonds. The third kappa shape index (κ3) is 2.80. The minimum Gasteiger partial charge on any atom is -0.379 e. The molecule has 24 heavy (non-hydrogen) atoms. The molecule has 0 bridgehead atoms. The maximum absolute atomic E-state index is 12.7. The van der Waals surface area contributed by atoms with Crippen LogP contribution >= 0.6 is 0 Å². The molecule has 1 saturated heterocycles. The van der Waals surface area contributed by atoms with Gasteiger partial charge in [0.05, 0.1) is 35.9 Å². The number of benzene rings is 1. The number of urea groups is 1. The number of carbonyl (C=O) groups excluding carboxylic acids is 1. The second kappa shape index (κ2) is 6.49. The van der Waals surface area contributed by atoms with E-state index >= 15 is 0 Å². The molecule has 6 nitrogen and oxygen atoms in total. The highest BCUT2D eigenvalue weighted by atomic mass is 16.5. The van der Waals surface area contributed by atoms with E-state index in [1.165, 1.54) is 0 Å². The Morgan fingerprint density at radius 3 is 2.79 bits per heavy atom. The Labute approximate surface area is 141 Å². The first-order chi connectivity index (χ1) is 11.8. The summed E-state index contributed by atoms with van der Waals surface area (Å²) in [6.45, 7) is 2.68. The van der Waals surface area contributed by atoms with E-state index in [4.69, 9.17) is 4.74 Å². The molecule has 6 heteroatoms. The van der Waals surface area contributed by atoms with Crippen LogP contribution in [0.5, 0.6) is 0 Å². The zero-order chi connectivity index (χ0) is 16.4. The van der Waals surface area contributed by atoms with Crippen LogP contribution in [0.4, 0.5) is 21.9 Å².